The maximum Gasteiger partial charge on any atom is 0.193 e. The molecule has 0 fully saturated rings. The summed E-state index contributed by atoms with van der Waals surface area (Å²) in [6.45, 7) is 0.577. The molecule has 2 heterocycles. The third-order valence-corrected chi connectivity index (χ3v) is 4.35. The third kappa shape index (κ3) is 2.48. The number of methoxy groups -OCH3 is 1. The van der Waals surface area contributed by atoms with Crippen molar-refractivity contribution in [3.05, 3.63) is 76.1 Å². The Balaban J connectivity index is 1.74. The van der Waals surface area contributed by atoms with Crippen LogP contribution in [0.3, 0.4) is 0 Å². The van der Waals surface area contributed by atoms with Crippen LogP contribution in [-0.4, -0.2) is 13.7 Å². The molecular weight excluding hydrogens is 304 g/mol. The summed E-state index contributed by atoms with van der Waals surface area (Å²) in [6.07, 6.45) is 0. The number of benzene rings is 2. The van der Waals surface area contributed by atoms with Crippen molar-refractivity contribution in [1.82, 2.24) is 0 Å². The molecule has 0 amide bonds. The van der Waals surface area contributed by atoms with E-state index in [9.17, 15) is 4.79 Å². The van der Waals surface area contributed by atoms with Gasteiger partial charge in [-0.3, -0.25) is 4.79 Å². The van der Waals surface area contributed by atoms with Gasteiger partial charge >= 0.3 is 0 Å². The molecule has 120 valence electrons. The fraction of sp³-hybridized carbons (Fsp3) is 0.211. The van der Waals surface area contributed by atoms with Gasteiger partial charge in [-0.05, 0) is 29.8 Å². The van der Waals surface area contributed by atoms with Gasteiger partial charge in [0.25, 0.3) is 0 Å². The van der Waals surface area contributed by atoms with E-state index in [1.165, 1.54) is 6.07 Å². The number of para-hydroxylation sites is 1. The number of hydrogen-bond acceptors (Lipinski definition) is 5. The average molecular weight is 320 g/mol. The van der Waals surface area contributed by atoms with E-state index in [4.69, 9.17) is 9.15 Å². The van der Waals surface area contributed by atoms with E-state index in [2.05, 4.69) is 10.2 Å². The molecule has 0 radical (unpaired) electrons. The molecule has 5 nitrogen and oxygen atoms in total. The minimum absolute atomic E-state index is 0.0533. The van der Waals surface area contributed by atoms with Crippen LogP contribution in [0.1, 0.15) is 23.3 Å². The summed E-state index contributed by atoms with van der Waals surface area (Å²) in [5, 5.41) is 9.08. The van der Waals surface area contributed by atoms with E-state index in [1.807, 2.05) is 36.4 Å². The summed E-state index contributed by atoms with van der Waals surface area (Å²) in [5.74, 6) is 1.42. The van der Waals surface area contributed by atoms with E-state index in [1.54, 1.807) is 19.2 Å². The summed E-state index contributed by atoms with van der Waals surface area (Å²) in [4.78, 5) is 12.3. The lowest BCUT2D eigenvalue weighted by Crippen LogP contribution is -2.11. The van der Waals surface area contributed by atoms with Crippen LogP contribution in [0.4, 0.5) is 0 Å². The molecule has 2 atom stereocenters. The maximum absolute atomic E-state index is 12.3. The predicted molar refractivity (Wildman–Crippen MR) is 90.7 cm³/mol. The highest BCUT2D eigenvalue weighted by Gasteiger charge is 2.31. The molecule has 1 aliphatic rings. The SMILES string of the molecule is COc1ccc(C2CN=NC2c2cc(=O)c3ccccc3o2)cc1. The van der Waals surface area contributed by atoms with Gasteiger partial charge in [-0.1, -0.05) is 24.3 Å². The lowest BCUT2D eigenvalue weighted by molar-refractivity contribution is 0.414. The number of fused-ring (bicyclic) bond motifs is 1. The van der Waals surface area contributed by atoms with Crippen molar-refractivity contribution >= 4 is 11.0 Å². The van der Waals surface area contributed by atoms with Gasteiger partial charge in [0.2, 0.25) is 0 Å². The summed E-state index contributed by atoms with van der Waals surface area (Å²) >= 11 is 0. The van der Waals surface area contributed by atoms with Crippen LogP contribution in [0.5, 0.6) is 5.75 Å². The fourth-order valence-electron chi connectivity index (χ4n) is 3.07. The first-order valence-corrected chi connectivity index (χ1v) is 7.79. The second-order valence-electron chi connectivity index (χ2n) is 5.77. The van der Waals surface area contributed by atoms with Crippen LogP contribution in [0, 0.1) is 0 Å². The van der Waals surface area contributed by atoms with Gasteiger partial charge in [0.1, 0.15) is 23.1 Å². The van der Waals surface area contributed by atoms with Crippen molar-refractivity contribution in [2.45, 2.75) is 12.0 Å². The van der Waals surface area contributed by atoms with Crippen LogP contribution < -0.4 is 10.2 Å². The number of nitrogens with zero attached hydrogens (tertiary/aromatic N) is 2. The van der Waals surface area contributed by atoms with Crippen molar-refractivity contribution < 1.29 is 9.15 Å². The molecule has 0 bridgehead atoms. The average Bonchev–Trinajstić information content (AvgIpc) is 3.11. The summed E-state index contributed by atoms with van der Waals surface area (Å²) in [6, 6.07) is 16.3. The minimum Gasteiger partial charge on any atom is -0.497 e. The first-order chi connectivity index (χ1) is 11.8. The van der Waals surface area contributed by atoms with Crippen molar-refractivity contribution in [3.63, 3.8) is 0 Å². The molecule has 0 spiro atoms. The second kappa shape index (κ2) is 5.92. The number of ether oxygens (including phenoxy) is 1. The molecular formula is C19H16N2O3. The predicted octanol–water partition coefficient (Wildman–Crippen LogP) is 4.09. The topological polar surface area (TPSA) is 64.2 Å². The van der Waals surface area contributed by atoms with E-state index >= 15 is 0 Å². The van der Waals surface area contributed by atoms with Crippen LogP contribution in [0.15, 0.2) is 74.0 Å². The lowest BCUT2D eigenvalue weighted by atomic mass is 9.91. The Labute approximate surface area is 138 Å². The molecule has 3 aromatic rings. The summed E-state index contributed by atoms with van der Waals surface area (Å²) in [7, 11) is 1.64. The van der Waals surface area contributed by atoms with Crippen molar-refractivity contribution in [3.8, 4) is 5.75 Å². The standard InChI is InChI=1S/C19H16N2O3/c1-23-13-8-6-12(7-9-13)15-11-20-21-19(15)18-10-16(22)14-4-2-3-5-17(14)24-18/h2-10,15,19H,11H2,1H3. The second-order valence-corrected chi connectivity index (χ2v) is 5.77. The molecule has 2 aromatic carbocycles. The highest BCUT2D eigenvalue weighted by molar-refractivity contribution is 5.76. The Morgan fingerprint density at radius 1 is 1.12 bits per heavy atom. The first-order valence-electron chi connectivity index (χ1n) is 7.79. The summed E-state index contributed by atoms with van der Waals surface area (Å²) in [5.41, 5.74) is 1.62. The Bertz CT molecular complexity index is 960. The molecule has 0 aliphatic carbocycles. The zero-order valence-corrected chi connectivity index (χ0v) is 13.2. The normalized spacial score (nSPS) is 19.7. The first kappa shape index (κ1) is 14.6. The Morgan fingerprint density at radius 3 is 2.71 bits per heavy atom. The number of rotatable bonds is 3. The number of azo groups is 1. The van der Waals surface area contributed by atoms with Gasteiger partial charge < -0.3 is 9.15 Å². The van der Waals surface area contributed by atoms with Gasteiger partial charge in [-0.25, -0.2) is 0 Å². The molecule has 0 saturated heterocycles. The monoisotopic (exact) mass is 320 g/mol. The third-order valence-electron chi connectivity index (χ3n) is 4.35. The van der Waals surface area contributed by atoms with E-state index in [0.29, 0.717) is 23.3 Å². The number of hydrogen-bond donors (Lipinski definition) is 0. The van der Waals surface area contributed by atoms with Crippen molar-refractivity contribution in [2.75, 3.05) is 13.7 Å². The molecule has 1 aliphatic heterocycles. The molecule has 1 aromatic heterocycles. The van der Waals surface area contributed by atoms with Gasteiger partial charge in [-0.15, -0.1) is 0 Å². The van der Waals surface area contributed by atoms with Crippen LogP contribution in [0.2, 0.25) is 0 Å². The largest absolute Gasteiger partial charge is 0.497 e. The highest BCUT2D eigenvalue weighted by atomic mass is 16.5. The molecule has 0 saturated carbocycles. The minimum atomic E-state index is -0.282. The molecule has 0 N–H and O–H groups in total. The maximum atomic E-state index is 12.3. The Hall–Kier alpha value is -2.95. The molecule has 4 rings (SSSR count). The van der Waals surface area contributed by atoms with Gasteiger partial charge in [0.15, 0.2) is 5.43 Å². The fourth-order valence-corrected chi connectivity index (χ4v) is 3.07. The molecule has 2 unspecified atom stereocenters. The van der Waals surface area contributed by atoms with Gasteiger partial charge in [-0.2, -0.15) is 10.2 Å². The van der Waals surface area contributed by atoms with E-state index in [-0.39, 0.29) is 17.4 Å². The van der Waals surface area contributed by atoms with Crippen LogP contribution in [-0.2, 0) is 0 Å². The lowest BCUT2D eigenvalue weighted by Gasteiger charge is -2.16. The van der Waals surface area contributed by atoms with E-state index in [0.717, 1.165) is 11.3 Å². The Morgan fingerprint density at radius 2 is 1.92 bits per heavy atom. The van der Waals surface area contributed by atoms with E-state index < -0.39 is 0 Å². The molecule has 24 heavy (non-hydrogen) atoms. The molecule has 5 heteroatoms. The van der Waals surface area contributed by atoms with Crippen molar-refractivity contribution in [1.29, 1.82) is 0 Å². The van der Waals surface area contributed by atoms with Crippen molar-refractivity contribution in [2.24, 2.45) is 10.2 Å². The van der Waals surface area contributed by atoms with Crippen LogP contribution >= 0.6 is 0 Å². The van der Waals surface area contributed by atoms with Gasteiger partial charge in [0, 0.05) is 12.0 Å². The summed E-state index contributed by atoms with van der Waals surface area (Å²) < 4.78 is 11.1. The Kier molecular flexibility index (Phi) is 3.61. The highest BCUT2D eigenvalue weighted by Crippen LogP contribution is 2.39. The quantitative estimate of drug-likeness (QED) is 0.730. The zero-order valence-electron chi connectivity index (χ0n) is 13.2. The van der Waals surface area contributed by atoms with Crippen LogP contribution in [0.25, 0.3) is 11.0 Å². The zero-order chi connectivity index (χ0) is 16.5. The van der Waals surface area contributed by atoms with Gasteiger partial charge in [0.05, 0.1) is 19.0 Å². The smallest absolute Gasteiger partial charge is 0.193 e.